The summed E-state index contributed by atoms with van der Waals surface area (Å²) in [6.07, 6.45) is -4.04. The number of nitrogens with zero attached hydrogens (tertiary/aromatic N) is 2. The number of rotatable bonds is 4. The van der Waals surface area contributed by atoms with Gasteiger partial charge in [0.05, 0.1) is 6.54 Å². The Morgan fingerprint density at radius 3 is 2.63 bits per heavy atom. The summed E-state index contributed by atoms with van der Waals surface area (Å²) in [5, 5.41) is 0. The van der Waals surface area contributed by atoms with Crippen LogP contribution in [-0.2, 0) is 17.5 Å². The molecule has 0 saturated carbocycles. The Balaban J connectivity index is 1.65. The fourth-order valence-electron chi connectivity index (χ4n) is 2.70. The number of carbonyl (C=O) groups is 1. The van der Waals surface area contributed by atoms with Gasteiger partial charge in [0.1, 0.15) is 18.7 Å². The average molecular weight is 382 g/mol. The predicted octanol–water partition coefficient (Wildman–Crippen LogP) is 2.17. The van der Waals surface area contributed by atoms with E-state index in [-0.39, 0.29) is 13.2 Å². The summed E-state index contributed by atoms with van der Waals surface area (Å²) < 4.78 is 50.5. The van der Waals surface area contributed by atoms with Crippen LogP contribution in [0.25, 0.3) is 0 Å². The van der Waals surface area contributed by atoms with Crippen molar-refractivity contribution in [3.05, 3.63) is 58.5 Å². The molecule has 0 spiro atoms. The maximum Gasteiger partial charge on any atom is 0.421 e. The van der Waals surface area contributed by atoms with E-state index in [0.29, 0.717) is 17.6 Å². The molecular formula is C18H17F3N2O4. The molecule has 9 heteroatoms. The summed E-state index contributed by atoms with van der Waals surface area (Å²) in [6.45, 7) is -0.0948. The maximum atomic E-state index is 12.8. The van der Waals surface area contributed by atoms with Crippen molar-refractivity contribution >= 4 is 5.91 Å². The van der Waals surface area contributed by atoms with Crippen LogP contribution < -0.4 is 15.0 Å². The second kappa shape index (κ2) is 7.34. The zero-order valence-corrected chi connectivity index (χ0v) is 14.4. The number of halogens is 3. The minimum Gasteiger partial charge on any atom is -0.486 e. The molecule has 6 nitrogen and oxygen atoms in total. The number of hydrogen-bond acceptors (Lipinski definition) is 4. The third-order valence-corrected chi connectivity index (χ3v) is 4.10. The van der Waals surface area contributed by atoms with Gasteiger partial charge in [0, 0.05) is 13.2 Å². The smallest absolute Gasteiger partial charge is 0.421 e. The molecule has 2 heterocycles. The van der Waals surface area contributed by atoms with Crippen LogP contribution in [-0.4, -0.2) is 41.7 Å². The molecule has 0 N–H and O–H groups in total. The Kier molecular flexibility index (Phi) is 5.11. The van der Waals surface area contributed by atoms with E-state index >= 15 is 0 Å². The van der Waals surface area contributed by atoms with E-state index < -0.39 is 35.9 Å². The van der Waals surface area contributed by atoms with Crippen molar-refractivity contribution in [2.24, 2.45) is 0 Å². The van der Waals surface area contributed by atoms with Gasteiger partial charge in [0.15, 0.2) is 17.6 Å². The van der Waals surface area contributed by atoms with Gasteiger partial charge in [-0.2, -0.15) is 13.2 Å². The SMILES string of the molecule is CN(C[C@@H]1COc2ccccc2O1)C(=O)Cn1cccc(C(F)(F)F)c1=O. The van der Waals surface area contributed by atoms with Gasteiger partial charge in [-0.25, -0.2) is 0 Å². The van der Waals surface area contributed by atoms with E-state index in [1.807, 2.05) is 6.07 Å². The number of aromatic nitrogens is 1. The molecule has 0 bridgehead atoms. The third kappa shape index (κ3) is 4.24. The van der Waals surface area contributed by atoms with E-state index in [9.17, 15) is 22.8 Å². The monoisotopic (exact) mass is 382 g/mol. The lowest BCUT2D eigenvalue weighted by Gasteiger charge is -2.29. The minimum absolute atomic E-state index is 0.168. The number of para-hydroxylation sites is 2. The molecule has 1 amide bonds. The molecule has 0 aliphatic carbocycles. The highest BCUT2D eigenvalue weighted by molar-refractivity contribution is 5.75. The Hall–Kier alpha value is -2.97. The molecule has 0 unspecified atom stereocenters. The topological polar surface area (TPSA) is 60.8 Å². The fourth-order valence-corrected chi connectivity index (χ4v) is 2.70. The van der Waals surface area contributed by atoms with Crippen molar-refractivity contribution < 1.29 is 27.4 Å². The molecule has 0 radical (unpaired) electrons. The molecule has 1 atom stereocenters. The molecular weight excluding hydrogens is 365 g/mol. The maximum absolute atomic E-state index is 12.8. The Morgan fingerprint density at radius 2 is 1.93 bits per heavy atom. The quantitative estimate of drug-likeness (QED) is 0.813. The average Bonchev–Trinajstić information content (AvgIpc) is 2.62. The molecule has 2 aromatic rings. The predicted molar refractivity (Wildman–Crippen MR) is 89.7 cm³/mol. The first kappa shape index (κ1) is 18.8. The first-order valence-corrected chi connectivity index (χ1v) is 8.15. The molecule has 1 aliphatic rings. The number of alkyl halides is 3. The van der Waals surface area contributed by atoms with Crippen molar-refractivity contribution in [1.29, 1.82) is 0 Å². The van der Waals surface area contributed by atoms with Gasteiger partial charge >= 0.3 is 6.18 Å². The highest BCUT2D eigenvalue weighted by atomic mass is 19.4. The Morgan fingerprint density at radius 1 is 1.22 bits per heavy atom. The highest BCUT2D eigenvalue weighted by Gasteiger charge is 2.34. The minimum atomic E-state index is -4.77. The van der Waals surface area contributed by atoms with Crippen LogP contribution in [0.5, 0.6) is 11.5 Å². The van der Waals surface area contributed by atoms with Gasteiger partial charge < -0.3 is 18.9 Å². The third-order valence-electron chi connectivity index (χ3n) is 4.10. The van der Waals surface area contributed by atoms with Crippen molar-refractivity contribution in [3.63, 3.8) is 0 Å². The first-order chi connectivity index (χ1) is 12.8. The van der Waals surface area contributed by atoms with Gasteiger partial charge in [-0.15, -0.1) is 0 Å². The Bertz CT molecular complexity index is 895. The lowest BCUT2D eigenvalue weighted by atomic mass is 10.2. The summed E-state index contributed by atoms with van der Waals surface area (Å²) in [5.74, 6) is 0.654. The zero-order valence-electron chi connectivity index (χ0n) is 14.4. The number of fused-ring (bicyclic) bond motifs is 1. The fraction of sp³-hybridized carbons (Fsp3) is 0.333. The van der Waals surface area contributed by atoms with Crippen LogP contribution in [0.15, 0.2) is 47.4 Å². The van der Waals surface area contributed by atoms with Gasteiger partial charge in [0.2, 0.25) is 5.91 Å². The lowest BCUT2D eigenvalue weighted by molar-refractivity contribution is -0.139. The second-order valence-electron chi connectivity index (χ2n) is 6.12. The summed E-state index contributed by atoms with van der Waals surface area (Å²) in [4.78, 5) is 25.6. The lowest BCUT2D eigenvalue weighted by Crippen LogP contribution is -2.43. The number of pyridine rings is 1. The van der Waals surface area contributed by atoms with Crippen LogP contribution in [0.1, 0.15) is 5.56 Å². The van der Waals surface area contributed by atoms with Gasteiger partial charge in [-0.3, -0.25) is 9.59 Å². The van der Waals surface area contributed by atoms with Crippen LogP contribution in [0.2, 0.25) is 0 Å². The zero-order chi connectivity index (χ0) is 19.6. The molecule has 0 saturated heterocycles. The molecule has 1 aliphatic heterocycles. The number of hydrogen-bond donors (Lipinski definition) is 0. The second-order valence-corrected chi connectivity index (χ2v) is 6.12. The van der Waals surface area contributed by atoms with Crippen LogP contribution >= 0.6 is 0 Å². The summed E-state index contributed by atoms with van der Waals surface area (Å²) in [5.41, 5.74) is -2.56. The van der Waals surface area contributed by atoms with E-state index in [2.05, 4.69) is 0 Å². The molecule has 144 valence electrons. The van der Waals surface area contributed by atoms with Crippen LogP contribution in [0.3, 0.4) is 0 Å². The summed E-state index contributed by atoms with van der Waals surface area (Å²) >= 11 is 0. The number of benzene rings is 1. The summed E-state index contributed by atoms with van der Waals surface area (Å²) in [7, 11) is 1.49. The highest BCUT2D eigenvalue weighted by Crippen LogP contribution is 2.31. The first-order valence-electron chi connectivity index (χ1n) is 8.15. The number of amides is 1. The van der Waals surface area contributed by atoms with E-state index in [0.717, 1.165) is 16.8 Å². The molecule has 1 aromatic heterocycles. The van der Waals surface area contributed by atoms with Gasteiger partial charge in [-0.05, 0) is 24.3 Å². The largest absolute Gasteiger partial charge is 0.486 e. The number of ether oxygens (including phenoxy) is 2. The van der Waals surface area contributed by atoms with E-state index in [1.54, 1.807) is 18.2 Å². The molecule has 27 heavy (non-hydrogen) atoms. The van der Waals surface area contributed by atoms with Crippen molar-refractivity contribution in [2.45, 2.75) is 18.8 Å². The van der Waals surface area contributed by atoms with Crippen molar-refractivity contribution in [3.8, 4) is 11.5 Å². The summed E-state index contributed by atoms with van der Waals surface area (Å²) in [6, 6.07) is 8.89. The van der Waals surface area contributed by atoms with Crippen LogP contribution in [0, 0.1) is 0 Å². The van der Waals surface area contributed by atoms with E-state index in [1.165, 1.54) is 11.9 Å². The van der Waals surface area contributed by atoms with Gasteiger partial charge in [-0.1, -0.05) is 12.1 Å². The van der Waals surface area contributed by atoms with Crippen molar-refractivity contribution in [2.75, 3.05) is 20.2 Å². The number of carbonyl (C=O) groups excluding carboxylic acids is 1. The Labute approximate surface area is 152 Å². The van der Waals surface area contributed by atoms with Crippen LogP contribution in [0.4, 0.5) is 13.2 Å². The van der Waals surface area contributed by atoms with E-state index in [4.69, 9.17) is 9.47 Å². The molecule has 1 aromatic carbocycles. The standard InChI is InChI=1S/C18H17F3N2O4/c1-22(9-12-11-26-14-6-2-3-7-15(14)27-12)16(24)10-23-8-4-5-13(17(23)25)18(19,20)21/h2-8,12H,9-11H2,1H3/t12-/m1/s1. The molecule has 3 rings (SSSR count). The number of likely N-dealkylation sites (N-methyl/N-ethyl adjacent to an activating group) is 1. The van der Waals surface area contributed by atoms with Gasteiger partial charge in [0.25, 0.3) is 5.56 Å². The molecule has 0 fully saturated rings. The van der Waals surface area contributed by atoms with Crippen molar-refractivity contribution in [1.82, 2.24) is 9.47 Å². The normalized spacial score (nSPS) is 16.1.